The van der Waals surface area contributed by atoms with Crippen LogP contribution in [-0.4, -0.2) is 42.6 Å². The van der Waals surface area contributed by atoms with Gasteiger partial charge in [0, 0.05) is 13.6 Å². The van der Waals surface area contributed by atoms with Crippen molar-refractivity contribution in [2.45, 2.75) is 26.2 Å². The van der Waals surface area contributed by atoms with E-state index < -0.39 is 0 Å². The van der Waals surface area contributed by atoms with Crippen molar-refractivity contribution >= 4 is 5.91 Å². The normalized spacial score (nSPS) is 16.1. The molecule has 4 heteroatoms. The Morgan fingerprint density at radius 2 is 2.10 bits per heavy atom. The van der Waals surface area contributed by atoms with E-state index in [1.54, 1.807) is 17.0 Å². The van der Waals surface area contributed by atoms with E-state index in [-0.39, 0.29) is 11.7 Å². The van der Waals surface area contributed by atoms with Crippen molar-refractivity contribution < 1.29 is 9.90 Å². The topological polar surface area (TPSA) is 52.6 Å². The zero-order valence-corrected chi connectivity index (χ0v) is 12.4. The van der Waals surface area contributed by atoms with Gasteiger partial charge in [-0.05, 0) is 62.9 Å². The second-order valence-corrected chi connectivity index (χ2v) is 5.73. The lowest BCUT2D eigenvalue weighted by Crippen LogP contribution is -2.32. The second kappa shape index (κ2) is 6.75. The third kappa shape index (κ3) is 3.73. The summed E-state index contributed by atoms with van der Waals surface area (Å²) >= 11 is 0. The molecule has 0 radical (unpaired) electrons. The summed E-state index contributed by atoms with van der Waals surface area (Å²) in [5.74, 6) is 0.679. The molecule has 110 valence electrons. The minimum Gasteiger partial charge on any atom is -0.507 e. The van der Waals surface area contributed by atoms with Crippen LogP contribution in [0.1, 0.15) is 35.2 Å². The molecule has 1 amide bonds. The molecule has 4 nitrogen and oxygen atoms in total. The van der Waals surface area contributed by atoms with Crippen LogP contribution in [0.3, 0.4) is 0 Å². The first-order chi connectivity index (χ1) is 9.58. The molecule has 1 saturated heterocycles. The maximum atomic E-state index is 12.3. The Morgan fingerprint density at radius 3 is 2.75 bits per heavy atom. The van der Waals surface area contributed by atoms with E-state index in [0.717, 1.165) is 31.6 Å². The monoisotopic (exact) mass is 276 g/mol. The molecule has 0 spiro atoms. The van der Waals surface area contributed by atoms with E-state index >= 15 is 0 Å². The third-order valence-corrected chi connectivity index (χ3v) is 4.06. The summed E-state index contributed by atoms with van der Waals surface area (Å²) in [7, 11) is 1.81. The molecule has 0 unspecified atom stereocenters. The number of phenols is 1. The number of nitrogens with zero attached hydrogens (tertiary/aromatic N) is 1. The Morgan fingerprint density at radius 1 is 1.40 bits per heavy atom. The molecule has 1 aliphatic heterocycles. The fourth-order valence-corrected chi connectivity index (χ4v) is 2.68. The summed E-state index contributed by atoms with van der Waals surface area (Å²) in [6, 6.07) is 5.19. The lowest BCUT2D eigenvalue weighted by atomic mass is 9.94. The average molecular weight is 276 g/mol. The van der Waals surface area contributed by atoms with E-state index in [1.807, 2.05) is 20.0 Å². The van der Waals surface area contributed by atoms with Crippen LogP contribution in [-0.2, 0) is 0 Å². The quantitative estimate of drug-likeness (QED) is 0.886. The lowest BCUT2D eigenvalue weighted by molar-refractivity contribution is 0.0781. The SMILES string of the molecule is Cc1ccc(C(=O)N(C)CCC2CCNCC2)c(O)c1. The molecule has 1 aromatic rings. The van der Waals surface area contributed by atoms with Gasteiger partial charge in [-0.2, -0.15) is 0 Å². The number of aromatic hydroxyl groups is 1. The molecular weight excluding hydrogens is 252 g/mol. The maximum Gasteiger partial charge on any atom is 0.257 e. The van der Waals surface area contributed by atoms with E-state index in [9.17, 15) is 9.90 Å². The van der Waals surface area contributed by atoms with E-state index in [1.165, 1.54) is 12.8 Å². The van der Waals surface area contributed by atoms with Gasteiger partial charge in [0.25, 0.3) is 5.91 Å². The minimum atomic E-state index is -0.101. The fourth-order valence-electron chi connectivity index (χ4n) is 2.68. The van der Waals surface area contributed by atoms with Crippen molar-refractivity contribution in [3.8, 4) is 5.75 Å². The molecule has 2 N–H and O–H groups in total. The average Bonchev–Trinajstić information content (AvgIpc) is 2.45. The van der Waals surface area contributed by atoms with Gasteiger partial charge >= 0.3 is 0 Å². The van der Waals surface area contributed by atoms with E-state index in [4.69, 9.17) is 0 Å². The van der Waals surface area contributed by atoms with Gasteiger partial charge in [0.1, 0.15) is 5.75 Å². The Labute approximate surface area is 120 Å². The zero-order chi connectivity index (χ0) is 14.5. The Kier molecular flexibility index (Phi) is 5.01. The molecular formula is C16H24N2O2. The molecule has 20 heavy (non-hydrogen) atoms. The second-order valence-electron chi connectivity index (χ2n) is 5.73. The summed E-state index contributed by atoms with van der Waals surface area (Å²) in [6.45, 7) is 4.81. The van der Waals surface area contributed by atoms with Crippen LogP contribution in [0.2, 0.25) is 0 Å². The number of rotatable bonds is 4. The Bertz CT molecular complexity index is 468. The number of carbonyl (C=O) groups excluding carboxylic acids is 1. The number of aryl methyl sites for hydroxylation is 1. The van der Waals surface area contributed by atoms with Crippen LogP contribution in [0.25, 0.3) is 0 Å². The molecule has 0 aromatic heterocycles. The first-order valence-corrected chi connectivity index (χ1v) is 7.33. The highest BCUT2D eigenvalue weighted by molar-refractivity contribution is 5.96. The number of hydrogen-bond donors (Lipinski definition) is 2. The number of nitrogens with one attached hydrogen (secondary N) is 1. The fraction of sp³-hybridized carbons (Fsp3) is 0.562. The number of phenolic OH excluding ortho intramolecular Hbond substituents is 1. The molecule has 1 aromatic carbocycles. The largest absolute Gasteiger partial charge is 0.507 e. The van der Waals surface area contributed by atoms with Crippen molar-refractivity contribution in [1.82, 2.24) is 10.2 Å². The van der Waals surface area contributed by atoms with Gasteiger partial charge in [-0.25, -0.2) is 0 Å². The molecule has 0 saturated carbocycles. The van der Waals surface area contributed by atoms with Gasteiger partial charge in [0.2, 0.25) is 0 Å². The van der Waals surface area contributed by atoms with Crippen LogP contribution in [0.15, 0.2) is 18.2 Å². The van der Waals surface area contributed by atoms with Gasteiger partial charge in [-0.1, -0.05) is 6.07 Å². The van der Waals surface area contributed by atoms with Crippen LogP contribution >= 0.6 is 0 Å². The van der Waals surface area contributed by atoms with Crippen molar-refractivity contribution in [2.75, 3.05) is 26.7 Å². The highest BCUT2D eigenvalue weighted by Gasteiger charge is 2.18. The summed E-state index contributed by atoms with van der Waals surface area (Å²) in [6.07, 6.45) is 3.42. The predicted molar refractivity (Wildman–Crippen MR) is 80.0 cm³/mol. The minimum absolute atomic E-state index is 0.0729. The van der Waals surface area contributed by atoms with Gasteiger partial charge < -0.3 is 15.3 Å². The molecule has 1 heterocycles. The van der Waals surface area contributed by atoms with Crippen molar-refractivity contribution in [3.05, 3.63) is 29.3 Å². The lowest BCUT2D eigenvalue weighted by Gasteiger charge is -2.25. The van der Waals surface area contributed by atoms with Gasteiger partial charge in [0.05, 0.1) is 5.56 Å². The number of piperidine rings is 1. The Balaban J connectivity index is 1.90. The first-order valence-electron chi connectivity index (χ1n) is 7.33. The molecule has 0 aliphatic carbocycles. The highest BCUT2D eigenvalue weighted by Crippen LogP contribution is 2.21. The van der Waals surface area contributed by atoms with Gasteiger partial charge in [0.15, 0.2) is 0 Å². The van der Waals surface area contributed by atoms with E-state index in [0.29, 0.717) is 11.5 Å². The van der Waals surface area contributed by atoms with Gasteiger partial charge in [-0.15, -0.1) is 0 Å². The predicted octanol–water partition coefficient (Wildman–Crippen LogP) is 2.16. The summed E-state index contributed by atoms with van der Waals surface area (Å²) in [5.41, 5.74) is 1.35. The van der Waals surface area contributed by atoms with Crippen LogP contribution in [0, 0.1) is 12.8 Å². The third-order valence-electron chi connectivity index (χ3n) is 4.06. The molecule has 0 atom stereocenters. The molecule has 1 aliphatic rings. The highest BCUT2D eigenvalue weighted by atomic mass is 16.3. The smallest absolute Gasteiger partial charge is 0.257 e. The Hall–Kier alpha value is -1.55. The first kappa shape index (κ1) is 14.9. The van der Waals surface area contributed by atoms with Crippen LogP contribution in [0.4, 0.5) is 0 Å². The molecule has 2 rings (SSSR count). The van der Waals surface area contributed by atoms with Crippen LogP contribution in [0.5, 0.6) is 5.75 Å². The standard InChI is InChI=1S/C16H24N2O2/c1-12-3-4-14(15(19)11-12)16(20)18(2)10-7-13-5-8-17-9-6-13/h3-4,11,13,17,19H,5-10H2,1-2H3. The molecule has 1 fully saturated rings. The van der Waals surface area contributed by atoms with Crippen molar-refractivity contribution in [2.24, 2.45) is 5.92 Å². The maximum absolute atomic E-state index is 12.3. The van der Waals surface area contributed by atoms with Crippen molar-refractivity contribution in [3.63, 3.8) is 0 Å². The molecule has 0 bridgehead atoms. The van der Waals surface area contributed by atoms with Gasteiger partial charge in [-0.3, -0.25) is 4.79 Å². The van der Waals surface area contributed by atoms with E-state index in [2.05, 4.69) is 5.32 Å². The van der Waals surface area contributed by atoms with Crippen molar-refractivity contribution in [1.29, 1.82) is 0 Å². The van der Waals surface area contributed by atoms with Crippen LogP contribution < -0.4 is 5.32 Å². The summed E-state index contributed by atoms with van der Waals surface area (Å²) in [5, 5.41) is 13.2. The number of hydrogen-bond acceptors (Lipinski definition) is 3. The number of benzene rings is 1. The summed E-state index contributed by atoms with van der Waals surface area (Å²) in [4.78, 5) is 14.0. The number of carbonyl (C=O) groups is 1. The summed E-state index contributed by atoms with van der Waals surface area (Å²) < 4.78 is 0. The number of amides is 1. The zero-order valence-electron chi connectivity index (χ0n) is 12.4.